The minimum atomic E-state index is -4.10. The van der Waals surface area contributed by atoms with Gasteiger partial charge in [0.25, 0.3) is 10.0 Å². The van der Waals surface area contributed by atoms with Gasteiger partial charge in [-0.25, -0.2) is 8.42 Å². The lowest BCUT2D eigenvalue weighted by molar-refractivity contribution is -0.139. The van der Waals surface area contributed by atoms with Crippen LogP contribution in [0.15, 0.2) is 71.6 Å². The Hall–Kier alpha value is -3.36. The molecule has 3 aromatic carbocycles. The van der Waals surface area contributed by atoms with Gasteiger partial charge in [-0.05, 0) is 74.7 Å². The highest BCUT2D eigenvalue weighted by molar-refractivity contribution is 7.92. The summed E-state index contributed by atoms with van der Waals surface area (Å²) in [4.78, 5) is 27.8. The van der Waals surface area contributed by atoms with E-state index in [0.29, 0.717) is 16.3 Å². The number of sulfonamides is 1. The number of amides is 2. The summed E-state index contributed by atoms with van der Waals surface area (Å²) < 4.78 is 28.9. The summed E-state index contributed by atoms with van der Waals surface area (Å²) in [6, 6.07) is 18.1. The van der Waals surface area contributed by atoms with Crippen LogP contribution in [-0.2, 0) is 26.2 Å². The van der Waals surface area contributed by atoms with E-state index >= 15 is 0 Å². The number of carbonyl (C=O) groups is 2. The van der Waals surface area contributed by atoms with Crippen LogP contribution < -0.4 is 9.62 Å². The molecule has 0 radical (unpaired) electrons. The first-order valence-corrected chi connectivity index (χ1v) is 13.7. The van der Waals surface area contributed by atoms with Crippen molar-refractivity contribution in [1.82, 2.24) is 10.2 Å². The van der Waals surface area contributed by atoms with E-state index < -0.39 is 28.5 Å². The van der Waals surface area contributed by atoms with E-state index in [9.17, 15) is 18.0 Å². The van der Waals surface area contributed by atoms with E-state index in [1.807, 2.05) is 26.0 Å². The number of nitrogens with one attached hydrogen (secondary N) is 1. The third-order valence-electron chi connectivity index (χ3n) is 6.20. The molecule has 0 saturated carbocycles. The molecule has 3 aromatic rings. The van der Waals surface area contributed by atoms with Gasteiger partial charge in [0.05, 0.1) is 10.6 Å². The van der Waals surface area contributed by atoms with Crippen molar-refractivity contribution in [1.29, 1.82) is 0 Å². The summed E-state index contributed by atoms with van der Waals surface area (Å²) in [5.74, 6) is -0.871. The van der Waals surface area contributed by atoms with E-state index in [1.54, 1.807) is 56.3 Å². The molecule has 0 aliphatic carbocycles. The average molecular weight is 542 g/mol. The number of halogens is 1. The maximum Gasteiger partial charge on any atom is 0.264 e. The second-order valence-electron chi connectivity index (χ2n) is 9.05. The Morgan fingerprint density at radius 1 is 0.919 bits per heavy atom. The predicted octanol–water partition coefficient (Wildman–Crippen LogP) is 4.62. The van der Waals surface area contributed by atoms with Gasteiger partial charge in [0, 0.05) is 18.6 Å². The van der Waals surface area contributed by atoms with Crippen LogP contribution in [0, 0.1) is 20.8 Å². The molecule has 1 N–H and O–H groups in total. The maximum atomic E-state index is 13.9. The van der Waals surface area contributed by atoms with E-state index in [4.69, 9.17) is 11.6 Å². The number of benzene rings is 3. The highest BCUT2D eigenvalue weighted by atomic mass is 35.5. The Labute approximate surface area is 224 Å². The molecule has 1 atom stereocenters. The van der Waals surface area contributed by atoms with Gasteiger partial charge in [-0.1, -0.05) is 53.6 Å². The van der Waals surface area contributed by atoms with Crippen molar-refractivity contribution in [3.05, 3.63) is 94.0 Å². The fraction of sp³-hybridized carbons (Fsp3) is 0.286. The van der Waals surface area contributed by atoms with E-state index in [1.165, 1.54) is 24.1 Å². The third kappa shape index (κ3) is 6.70. The fourth-order valence-electron chi connectivity index (χ4n) is 3.92. The number of anilines is 1. The van der Waals surface area contributed by atoms with Crippen molar-refractivity contribution in [3.8, 4) is 0 Å². The number of likely N-dealkylation sites (N-methyl/N-ethyl adjacent to an activating group) is 1. The molecule has 0 spiro atoms. The average Bonchev–Trinajstić information content (AvgIpc) is 2.87. The molecule has 2 amide bonds. The Morgan fingerprint density at radius 3 is 2.11 bits per heavy atom. The Balaban J connectivity index is 2.07. The minimum Gasteiger partial charge on any atom is -0.357 e. The first kappa shape index (κ1) is 28.2. The molecule has 7 nitrogen and oxygen atoms in total. The summed E-state index contributed by atoms with van der Waals surface area (Å²) >= 11 is 6.01. The predicted molar refractivity (Wildman–Crippen MR) is 147 cm³/mol. The molecular weight excluding hydrogens is 510 g/mol. The van der Waals surface area contributed by atoms with Crippen molar-refractivity contribution in [2.75, 3.05) is 17.9 Å². The van der Waals surface area contributed by atoms with Crippen molar-refractivity contribution in [2.24, 2.45) is 0 Å². The molecule has 0 aromatic heterocycles. The zero-order valence-electron chi connectivity index (χ0n) is 21.7. The monoisotopic (exact) mass is 541 g/mol. The van der Waals surface area contributed by atoms with Gasteiger partial charge in [-0.15, -0.1) is 0 Å². The standard InChI is InChI=1S/C28H32ClN3O4S/c1-19-7-14-25(15-8-19)37(35,36)32(26-16-20(2)6-9-21(26)3)18-27(33)31(22(4)28(34)30-5)17-23-10-12-24(29)13-11-23/h6-16,22H,17-18H2,1-5H3,(H,30,34). The smallest absolute Gasteiger partial charge is 0.264 e. The number of hydrogen-bond acceptors (Lipinski definition) is 4. The lowest BCUT2D eigenvalue weighted by atomic mass is 10.1. The van der Waals surface area contributed by atoms with Gasteiger partial charge in [-0.2, -0.15) is 0 Å². The number of rotatable bonds is 9. The summed E-state index contributed by atoms with van der Waals surface area (Å²) in [6.07, 6.45) is 0. The second kappa shape index (κ2) is 11.8. The highest BCUT2D eigenvalue weighted by Crippen LogP contribution is 2.28. The van der Waals surface area contributed by atoms with Crippen LogP contribution in [0.2, 0.25) is 5.02 Å². The van der Waals surface area contributed by atoms with Crippen molar-refractivity contribution >= 4 is 39.1 Å². The topological polar surface area (TPSA) is 86.8 Å². The summed E-state index contributed by atoms with van der Waals surface area (Å²) in [5.41, 5.74) is 3.65. The van der Waals surface area contributed by atoms with Gasteiger partial charge in [0.15, 0.2) is 0 Å². The quantitative estimate of drug-likeness (QED) is 0.428. The lowest BCUT2D eigenvalue weighted by Gasteiger charge is -2.32. The Bertz CT molecular complexity index is 1370. The number of aryl methyl sites for hydroxylation is 3. The van der Waals surface area contributed by atoms with E-state index in [2.05, 4.69) is 5.32 Å². The molecule has 0 heterocycles. The number of nitrogens with zero attached hydrogens (tertiary/aromatic N) is 2. The Kier molecular flexibility index (Phi) is 8.99. The first-order chi connectivity index (χ1) is 17.4. The summed E-state index contributed by atoms with van der Waals surface area (Å²) in [6.45, 7) is 6.78. The van der Waals surface area contributed by atoms with Crippen LogP contribution in [0.4, 0.5) is 5.69 Å². The van der Waals surface area contributed by atoms with Gasteiger partial charge in [-0.3, -0.25) is 13.9 Å². The lowest BCUT2D eigenvalue weighted by Crippen LogP contribution is -2.50. The normalized spacial score (nSPS) is 12.1. The molecule has 1 unspecified atom stereocenters. The third-order valence-corrected chi connectivity index (χ3v) is 8.23. The van der Waals surface area contributed by atoms with Crippen LogP contribution in [0.25, 0.3) is 0 Å². The van der Waals surface area contributed by atoms with Crippen molar-refractivity contribution in [3.63, 3.8) is 0 Å². The fourth-order valence-corrected chi connectivity index (χ4v) is 5.51. The van der Waals surface area contributed by atoms with Gasteiger partial charge >= 0.3 is 0 Å². The maximum absolute atomic E-state index is 13.9. The molecule has 37 heavy (non-hydrogen) atoms. The number of carbonyl (C=O) groups excluding carboxylic acids is 2. The summed E-state index contributed by atoms with van der Waals surface area (Å²) in [7, 11) is -2.61. The zero-order valence-corrected chi connectivity index (χ0v) is 23.2. The molecule has 196 valence electrons. The molecular formula is C28H32ClN3O4S. The molecule has 0 bridgehead atoms. The van der Waals surface area contributed by atoms with E-state index in [-0.39, 0.29) is 17.3 Å². The number of hydrogen-bond donors (Lipinski definition) is 1. The zero-order chi connectivity index (χ0) is 27.3. The molecule has 9 heteroatoms. The van der Waals surface area contributed by atoms with Gasteiger partial charge in [0.1, 0.15) is 12.6 Å². The van der Waals surface area contributed by atoms with Gasteiger partial charge < -0.3 is 10.2 Å². The molecule has 3 rings (SSSR count). The molecule has 0 fully saturated rings. The minimum absolute atomic E-state index is 0.0791. The SMILES string of the molecule is CNC(=O)C(C)N(Cc1ccc(Cl)cc1)C(=O)CN(c1cc(C)ccc1C)S(=O)(=O)c1ccc(C)cc1. The first-order valence-electron chi connectivity index (χ1n) is 11.9. The molecule has 0 aliphatic rings. The highest BCUT2D eigenvalue weighted by Gasteiger charge is 2.33. The largest absolute Gasteiger partial charge is 0.357 e. The van der Waals surface area contributed by atoms with Crippen LogP contribution in [0.1, 0.15) is 29.2 Å². The molecule has 0 aliphatic heterocycles. The van der Waals surface area contributed by atoms with Gasteiger partial charge in [0.2, 0.25) is 11.8 Å². The Morgan fingerprint density at radius 2 is 1.51 bits per heavy atom. The van der Waals surface area contributed by atoms with Crippen molar-refractivity contribution < 1.29 is 18.0 Å². The second-order valence-corrected chi connectivity index (χ2v) is 11.4. The molecule has 0 saturated heterocycles. The van der Waals surface area contributed by atoms with E-state index in [0.717, 1.165) is 21.0 Å². The van der Waals surface area contributed by atoms with Crippen molar-refractivity contribution in [2.45, 2.75) is 45.2 Å². The van der Waals surface area contributed by atoms with Crippen LogP contribution in [0.5, 0.6) is 0 Å². The summed E-state index contributed by atoms with van der Waals surface area (Å²) in [5, 5.41) is 3.12. The van der Waals surface area contributed by atoms with Crippen LogP contribution in [0.3, 0.4) is 0 Å². The van der Waals surface area contributed by atoms with Crippen LogP contribution in [-0.4, -0.2) is 44.8 Å². The van der Waals surface area contributed by atoms with Crippen LogP contribution >= 0.6 is 11.6 Å².